The lowest BCUT2D eigenvalue weighted by Crippen LogP contribution is -2.39. The predicted octanol–water partition coefficient (Wildman–Crippen LogP) is 3.58. The smallest absolute Gasteiger partial charge is 0.264 e. The van der Waals surface area contributed by atoms with Crippen LogP contribution in [0.3, 0.4) is 0 Å². The van der Waals surface area contributed by atoms with E-state index in [9.17, 15) is 22.7 Å². The number of hydrogen-bond acceptors (Lipinski definition) is 6. The number of amides is 1. The van der Waals surface area contributed by atoms with Crippen LogP contribution in [0, 0.1) is 12.7 Å². The van der Waals surface area contributed by atoms with Crippen LogP contribution in [0.25, 0.3) is 0 Å². The average molecular weight is 486 g/mol. The van der Waals surface area contributed by atoms with E-state index in [-0.39, 0.29) is 22.1 Å². The summed E-state index contributed by atoms with van der Waals surface area (Å²) >= 11 is 0. The van der Waals surface area contributed by atoms with Gasteiger partial charge in [-0.05, 0) is 74.0 Å². The second-order valence-corrected chi connectivity index (χ2v) is 9.12. The summed E-state index contributed by atoms with van der Waals surface area (Å²) < 4.78 is 46.1. The Balaban J connectivity index is 1.80. The summed E-state index contributed by atoms with van der Waals surface area (Å²) in [7, 11) is -4.12. The Bertz CT molecular complexity index is 1280. The van der Waals surface area contributed by atoms with Crippen LogP contribution in [0.5, 0.6) is 11.5 Å². The maximum Gasteiger partial charge on any atom is 0.264 e. The molecule has 2 N–H and O–H groups in total. The Labute approximate surface area is 197 Å². The number of hydrazone groups is 1. The Morgan fingerprint density at radius 2 is 1.79 bits per heavy atom. The third-order valence-corrected chi connectivity index (χ3v) is 6.49. The highest BCUT2D eigenvalue weighted by molar-refractivity contribution is 7.92. The molecule has 0 aromatic heterocycles. The van der Waals surface area contributed by atoms with Crippen LogP contribution in [0.2, 0.25) is 0 Å². The molecule has 0 saturated heterocycles. The lowest BCUT2D eigenvalue weighted by molar-refractivity contribution is -0.119. The number of nitrogens with one attached hydrogen (secondary N) is 1. The minimum absolute atomic E-state index is 0.00808. The number of rotatable bonds is 9. The van der Waals surface area contributed by atoms with Gasteiger partial charge in [-0.2, -0.15) is 5.10 Å². The zero-order chi connectivity index (χ0) is 24.7. The van der Waals surface area contributed by atoms with Gasteiger partial charge in [0.1, 0.15) is 12.4 Å². The Morgan fingerprint density at radius 3 is 2.44 bits per heavy atom. The molecule has 0 aliphatic carbocycles. The fourth-order valence-corrected chi connectivity index (χ4v) is 4.41. The van der Waals surface area contributed by atoms with E-state index in [0.717, 1.165) is 22.0 Å². The molecule has 178 valence electrons. The molecule has 3 aromatic carbocycles. The first-order valence-electron chi connectivity index (χ1n) is 10.3. The van der Waals surface area contributed by atoms with Crippen molar-refractivity contribution in [3.05, 3.63) is 83.7 Å². The molecule has 0 heterocycles. The number of hydrogen-bond donors (Lipinski definition) is 2. The highest BCUT2D eigenvalue weighted by atomic mass is 32.2. The van der Waals surface area contributed by atoms with Crippen LogP contribution in [-0.4, -0.2) is 38.8 Å². The summed E-state index contributed by atoms with van der Waals surface area (Å²) in [4.78, 5) is 12.6. The Morgan fingerprint density at radius 1 is 1.12 bits per heavy atom. The van der Waals surface area contributed by atoms with E-state index >= 15 is 0 Å². The van der Waals surface area contributed by atoms with Gasteiger partial charge in [-0.3, -0.25) is 9.10 Å². The van der Waals surface area contributed by atoms with Gasteiger partial charge in [0.2, 0.25) is 0 Å². The summed E-state index contributed by atoms with van der Waals surface area (Å²) in [5, 5.41) is 13.6. The Kier molecular flexibility index (Phi) is 7.85. The number of benzene rings is 3. The standard InChI is InChI=1S/C24H24FN3O5S/c1-3-33-23-14-18(6-13-22(23)29)15-26-27-24(30)16-28(20-9-7-19(25)8-10-20)34(31,32)21-11-4-17(2)5-12-21/h4-15,29H,3,16H2,1-2H3,(H,27,30)/b26-15-. The van der Waals surface area contributed by atoms with E-state index in [4.69, 9.17) is 4.74 Å². The van der Waals surface area contributed by atoms with Crippen molar-refractivity contribution in [1.82, 2.24) is 5.43 Å². The van der Waals surface area contributed by atoms with E-state index in [1.807, 2.05) is 6.92 Å². The van der Waals surface area contributed by atoms with Crippen molar-refractivity contribution in [3.8, 4) is 11.5 Å². The van der Waals surface area contributed by atoms with Gasteiger partial charge in [-0.15, -0.1) is 0 Å². The molecule has 34 heavy (non-hydrogen) atoms. The minimum Gasteiger partial charge on any atom is -0.504 e. The number of carbonyl (C=O) groups is 1. The second-order valence-electron chi connectivity index (χ2n) is 7.25. The quantitative estimate of drug-likeness (QED) is 0.356. The number of halogens is 1. The number of phenolic OH excluding ortho intramolecular Hbond substituents is 1. The molecule has 0 unspecified atom stereocenters. The summed E-state index contributed by atoms with van der Waals surface area (Å²) in [5.74, 6) is -1.00. The highest BCUT2D eigenvalue weighted by Crippen LogP contribution is 2.26. The van der Waals surface area contributed by atoms with E-state index < -0.39 is 28.3 Å². The second kappa shape index (κ2) is 10.8. The van der Waals surface area contributed by atoms with Crippen LogP contribution < -0.4 is 14.5 Å². The molecule has 0 radical (unpaired) electrons. The van der Waals surface area contributed by atoms with Crippen LogP contribution in [0.15, 0.2) is 76.7 Å². The van der Waals surface area contributed by atoms with Crippen LogP contribution in [-0.2, 0) is 14.8 Å². The van der Waals surface area contributed by atoms with Gasteiger partial charge in [0.25, 0.3) is 15.9 Å². The van der Waals surface area contributed by atoms with Gasteiger partial charge in [0, 0.05) is 0 Å². The SMILES string of the molecule is CCOc1cc(/C=N\NC(=O)CN(c2ccc(F)cc2)S(=O)(=O)c2ccc(C)cc2)ccc1O. The van der Waals surface area contributed by atoms with Crippen LogP contribution in [0.4, 0.5) is 10.1 Å². The molecule has 0 spiro atoms. The van der Waals surface area contributed by atoms with Crippen molar-refractivity contribution in [3.63, 3.8) is 0 Å². The van der Waals surface area contributed by atoms with Crippen LogP contribution >= 0.6 is 0 Å². The van der Waals surface area contributed by atoms with E-state index in [1.54, 1.807) is 31.2 Å². The first-order chi connectivity index (χ1) is 16.2. The molecule has 10 heteroatoms. The molecule has 0 bridgehead atoms. The number of nitrogens with zero attached hydrogens (tertiary/aromatic N) is 2. The van der Waals surface area contributed by atoms with Crippen molar-refractivity contribution in [1.29, 1.82) is 0 Å². The zero-order valence-corrected chi connectivity index (χ0v) is 19.4. The maximum absolute atomic E-state index is 13.4. The summed E-state index contributed by atoms with van der Waals surface area (Å²) in [6.45, 7) is 3.38. The van der Waals surface area contributed by atoms with E-state index in [1.165, 1.54) is 36.5 Å². The van der Waals surface area contributed by atoms with Crippen molar-refractivity contribution < 1.29 is 27.4 Å². The first kappa shape index (κ1) is 24.7. The number of phenols is 1. The van der Waals surface area contributed by atoms with E-state index in [2.05, 4.69) is 10.5 Å². The summed E-state index contributed by atoms with van der Waals surface area (Å²) in [5.41, 5.74) is 3.84. The molecule has 0 saturated carbocycles. The fraction of sp³-hybridized carbons (Fsp3) is 0.167. The van der Waals surface area contributed by atoms with Crippen molar-refractivity contribution >= 4 is 27.8 Å². The van der Waals surface area contributed by atoms with Gasteiger partial charge in [-0.25, -0.2) is 18.2 Å². The number of carbonyl (C=O) groups excluding carboxylic acids is 1. The lowest BCUT2D eigenvalue weighted by Gasteiger charge is -2.23. The molecule has 1 amide bonds. The maximum atomic E-state index is 13.4. The molecule has 3 rings (SSSR count). The largest absolute Gasteiger partial charge is 0.504 e. The number of aryl methyl sites for hydroxylation is 1. The Hall–Kier alpha value is -3.92. The van der Waals surface area contributed by atoms with Crippen molar-refractivity contribution in [2.75, 3.05) is 17.5 Å². The summed E-state index contributed by atoms with van der Waals surface area (Å²) in [6, 6.07) is 15.5. The predicted molar refractivity (Wildman–Crippen MR) is 127 cm³/mol. The van der Waals surface area contributed by atoms with Gasteiger partial charge < -0.3 is 9.84 Å². The fourth-order valence-electron chi connectivity index (χ4n) is 2.99. The van der Waals surface area contributed by atoms with Gasteiger partial charge >= 0.3 is 0 Å². The lowest BCUT2D eigenvalue weighted by atomic mass is 10.2. The minimum atomic E-state index is -4.12. The molecule has 8 nitrogen and oxygen atoms in total. The monoisotopic (exact) mass is 485 g/mol. The number of aromatic hydroxyl groups is 1. The molecule has 0 aliphatic rings. The molecular weight excluding hydrogens is 461 g/mol. The van der Waals surface area contributed by atoms with Crippen molar-refractivity contribution in [2.45, 2.75) is 18.7 Å². The summed E-state index contributed by atoms with van der Waals surface area (Å²) in [6.07, 6.45) is 1.33. The highest BCUT2D eigenvalue weighted by Gasteiger charge is 2.27. The molecule has 3 aromatic rings. The topological polar surface area (TPSA) is 108 Å². The normalized spacial score (nSPS) is 11.4. The number of anilines is 1. The number of ether oxygens (including phenoxy) is 1. The van der Waals surface area contributed by atoms with Gasteiger partial charge in [0.05, 0.1) is 23.4 Å². The first-order valence-corrected chi connectivity index (χ1v) is 11.8. The third kappa shape index (κ3) is 6.10. The van der Waals surface area contributed by atoms with Gasteiger partial charge in [-0.1, -0.05) is 17.7 Å². The molecule has 0 fully saturated rings. The molecule has 0 aliphatic heterocycles. The third-order valence-electron chi connectivity index (χ3n) is 4.70. The number of sulfonamides is 1. The molecule has 0 atom stereocenters. The van der Waals surface area contributed by atoms with Crippen LogP contribution in [0.1, 0.15) is 18.1 Å². The van der Waals surface area contributed by atoms with E-state index in [0.29, 0.717) is 12.2 Å². The zero-order valence-electron chi connectivity index (χ0n) is 18.6. The van der Waals surface area contributed by atoms with Gasteiger partial charge in [0.15, 0.2) is 11.5 Å². The van der Waals surface area contributed by atoms with Crippen molar-refractivity contribution in [2.24, 2.45) is 5.10 Å². The average Bonchev–Trinajstić information content (AvgIpc) is 2.80. The molecular formula is C24H24FN3O5S.